The zero-order valence-electron chi connectivity index (χ0n) is 67.8. The number of hydrogen-bond acceptors (Lipinski definition) is 8. The average Bonchev–Trinajstić information content (AvgIpc) is 0.916. The van der Waals surface area contributed by atoms with Crippen LogP contribution in [0.15, 0.2) is 109 Å². The Hall–Kier alpha value is -3.33. The number of unbranched alkanes of at least 4 members (excludes halogenated alkanes) is 49. The maximum atomic E-state index is 12.9. The summed E-state index contributed by atoms with van der Waals surface area (Å²) < 4.78 is 34.5. The van der Waals surface area contributed by atoms with Gasteiger partial charge in [0.2, 0.25) is 0 Å². The van der Waals surface area contributed by atoms with Crippen molar-refractivity contribution < 1.29 is 42.1 Å². The maximum Gasteiger partial charge on any atom is 0.306 e. The van der Waals surface area contributed by atoms with Crippen LogP contribution in [-0.4, -0.2) is 70.0 Å². The molecule has 0 aliphatic carbocycles. The quantitative estimate of drug-likeness (QED) is 0.0195. The Balaban J connectivity index is 3.90. The van der Waals surface area contributed by atoms with Crippen LogP contribution in [0.3, 0.4) is 0 Å². The lowest BCUT2D eigenvalue weighted by atomic mass is 10.0. The second-order valence-corrected chi connectivity index (χ2v) is 31.9. The number of quaternary nitrogens is 1. The first kappa shape index (κ1) is 98.7. The number of likely N-dealkylation sites (N-methyl/N-ethyl adjacent to an activating group) is 1. The number of phosphoric acid groups is 1. The standard InChI is InChI=1S/C92H166NO8P/c1-6-8-10-12-14-16-18-20-22-24-26-28-30-32-34-36-38-40-42-44-45-46-47-49-51-53-55-57-59-61-63-65-67-69-71-73-75-77-79-81-83-85-92(95)101-90(89-100-102(96,97)99-87-86-93(3,4)5)88-98-91(94)84-82-80-78-76-74-72-70-68-66-64-62-60-58-56-54-52-50-48-43-41-39-37-35-33-31-29-27-25-23-21-19-17-15-13-11-9-7-2/h8,10,14,16,19-22,25-28,32,34,38,40,44-45,90H,6-7,9,11-13,15,17-18,23-24,29-31,33,35-37,39,41-43,46-89H2,1-5H3/b10-8-,16-14-,21-19-,22-20-,27-25-,28-26-,34-32-,40-38-,45-44-. The van der Waals surface area contributed by atoms with Gasteiger partial charge < -0.3 is 27.9 Å². The van der Waals surface area contributed by atoms with Gasteiger partial charge in [0.1, 0.15) is 19.8 Å². The van der Waals surface area contributed by atoms with E-state index < -0.39 is 26.5 Å². The third-order valence-corrected chi connectivity index (χ3v) is 20.2. The lowest BCUT2D eigenvalue weighted by Gasteiger charge is -2.28. The van der Waals surface area contributed by atoms with Gasteiger partial charge in [-0.15, -0.1) is 0 Å². The van der Waals surface area contributed by atoms with Gasteiger partial charge in [-0.2, -0.15) is 0 Å². The zero-order chi connectivity index (χ0) is 74.0. The Morgan fingerprint density at radius 1 is 0.314 bits per heavy atom. The number of carbonyl (C=O) groups is 2. The second kappa shape index (κ2) is 81.7. The lowest BCUT2D eigenvalue weighted by Crippen LogP contribution is -2.37. The molecule has 0 saturated carbocycles. The second-order valence-electron chi connectivity index (χ2n) is 30.5. The molecule has 0 aromatic carbocycles. The number of ether oxygens (including phenoxy) is 2. The van der Waals surface area contributed by atoms with Gasteiger partial charge >= 0.3 is 11.9 Å². The van der Waals surface area contributed by atoms with Crippen molar-refractivity contribution in [1.29, 1.82) is 0 Å². The summed E-state index contributed by atoms with van der Waals surface area (Å²) in [6, 6.07) is 0. The largest absolute Gasteiger partial charge is 0.756 e. The normalized spacial score (nSPS) is 13.5. The Morgan fingerprint density at radius 2 is 0.559 bits per heavy atom. The topological polar surface area (TPSA) is 111 Å². The highest BCUT2D eigenvalue weighted by Gasteiger charge is 2.22. The minimum atomic E-state index is -4.65. The summed E-state index contributed by atoms with van der Waals surface area (Å²) in [4.78, 5) is 38.3. The molecule has 102 heavy (non-hydrogen) atoms. The van der Waals surface area contributed by atoms with Gasteiger partial charge in [-0.3, -0.25) is 14.2 Å². The summed E-state index contributed by atoms with van der Waals surface area (Å²) >= 11 is 0. The van der Waals surface area contributed by atoms with Crippen molar-refractivity contribution in [2.45, 2.75) is 418 Å². The molecule has 0 N–H and O–H groups in total. The molecule has 0 aromatic heterocycles. The van der Waals surface area contributed by atoms with E-state index in [1.165, 1.54) is 289 Å². The first-order chi connectivity index (χ1) is 50.0. The Morgan fingerprint density at radius 3 is 0.833 bits per heavy atom. The molecule has 0 bridgehead atoms. The van der Waals surface area contributed by atoms with Crippen LogP contribution in [-0.2, 0) is 32.7 Å². The van der Waals surface area contributed by atoms with E-state index in [0.29, 0.717) is 17.4 Å². The van der Waals surface area contributed by atoms with Crippen molar-refractivity contribution in [3.8, 4) is 0 Å². The van der Waals surface area contributed by atoms with E-state index in [0.717, 1.165) is 89.9 Å². The van der Waals surface area contributed by atoms with Crippen molar-refractivity contribution in [3.05, 3.63) is 109 Å². The first-order valence-electron chi connectivity index (χ1n) is 43.6. The van der Waals surface area contributed by atoms with E-state index in [4.69, 9.17) is 18.5 Å². The molecular formula is C92H166NO8P. The smallest absolute Gasteiger partial charge is 0.306 e. The molecular weight excluding hydrogens is 1280 g/mol. The minimum Gasteiger partial charge on any atom is -0.756 e. The van der Waals surface area contributed by atoms with Gasteiger partial charge in [-0.1, -0.05) is 406 Å². The highest BCUT2D eigenvalue weighted by atomic mass is 31.2. The van der Waals surface area contributed by atoms with Crippen molar-refractivity contribution in [3.63, 3.8) is 0 Å². The SMILES string of the molecule is CC/C=C\C/C=C\C/C=C\C/C=C\C/C=C\C/C=C\C/C=C\CCCCCCCCCCCCCCCCCCCCCC(=O)OC(COC(=O)CCCCCCCCCCCCCCCCCCCCCCCCCCC/C=C\C/C=C\CCCCCCC)COP(=O)([O-])OCC[N+](C)(C)C. The summed E-state index contributed by atoms with van der Waals surface area (Å²) in [7, 11) is 1.18. The van der Waals surface area contributed by atoms with Crippen molar-refractivity contribution >= 4 is 19.8 Å². The van der Waals surface area contributed by atoms with E-state index in [-0.39, 0.29) is 32.0 Å². The van der Waals surface area contributed by atoms with E-state index >= 15 is 0 Å². The fourth-order valence-corrected chi connectivity index (χ4v) is 13.4. The molecule has 0 spiro atoms. The molecule has 2 unspecified atom stereocenters. The van der Waals surface area contributed by atoms with Crippen LogP contribution >= 0.6 is 7.82 Å². The average molecular weight is 1450 g/mol. The number of hydrogen-bond donors (Lipinski definition) is 0. The van der Waals surface area contributed by atoms with Gasteiger partial charge in [-0.05, 0) is 103 Å². The summed E-state index contributed by atoms with van der Waals surface area (Å²) in [5.41, 5.74) is 0. The first-order valence-corrected chi connectivity index (χ1v) is 45.1. The summed E-state index contributed by atoms with van der Waals surface area (Å²) in [6.45, 7) is 4.17. The van der Waals surface area contributed by atoms with Crippen LogP contribution in [0.4, 0.5) is 0 Å². The number of carbonyl (C=O) groups excluding carboxylic acids is 2. The molecule has 2 atom stereocenters. The molecule has 9 nitrogen and oxygen atoms in total. The molecule has 0 amide bonds. The molecule has 0 fully saturated rings. The Bertz CT molecular complexity index is 2100. The van der Waals surface area contributed by atoms with E-state index in [1.54, 1.807) is 0 Å². The molecule has 10 heteroatoms. The number of phosphoric ester groups is 1. The highest BCUT2D eigenvalue weighted by molar-refractivity contribution is 7.45. The highest BCUT2D eigenvalue weighted by Crippen LogP contribution is 2.38. The molecule has 592 valence electrons. The van der Waals surface area contributed by atoms with Crippen LogP contribution in [0.25, 0.3) is 0 Å². The summed E-state index contributed by atoms with van der Waals surface area (Å²) in [5, 5.41) is 0. The van der Waals surface area contributed by atoms with Crippen molar-refractivity contribution in [1.82, 2.24) is 0 Å². The summed E-state index contributed by atoms with van der Waals surface area (Å²) in [6.07, 6.45) is 117. The van der Waals surface area contributed by atoms with E-state index in [9.17, 15) is 19.0 Å². The van der Waals surface area contributed by atoms with Crippen LogP contribution in [0, 0.1) is 0 Å². The van der Waals surface area contributed by atoms with E-state index in [1.807, 2.05) is 21.1 Å². The van der Waals surface area contributed by atoms with Gasteiger partial charge in [0.15, 0.2) is 6.10 Å². The Kier molecular flexibility index (Phi) is 79.1. The molecule has 0 heterocycles. The van der Waals surface area contributed by atoms with Crippen molar-refractivity contribution in [2.75, 3.05) is 47.5 Å². The third-order valence-electron chi connectivity index (χ3n) is 19.3. The van der Waals surface area contributed by atoms with E-state index in [2.05, 4.69) is 123 Å². The number of rotatable bonds is 81. The monoisotopic (exact) mass is 1440 g/mol. The Labute approximate surface area is 633 Å². The molecule has 0 saturated heterocycles. The predicted octanol–water partition coefficient (Wildman–Crippen LogP) is 28.9. The zero-order valence-corrected chi connectivity index (χ0v) is 68.7. The van der Waals surface area contributed by atoms with Gasteiger partial charge in [0.25, 0.3) is 7.82 Å². The molecule has 0 rings (SSSR count). The minimum absolute atomic E-state index is 0.0306. The van der Waals surface area contributed by atoms with Crippen LogP contribution in [0.5, 0.6) is 0 Å². The number of esters is 2. The fourth-order valence-electron chi connectivity index (χ4n) is 12.7. The van der Waals surface area contributed by atoms with Gasteiger partial charge in [0.05, 0.1) is 27.7 Å². The van der Waals surface area contributed by atoms with Crippen molar-refractivity contribution in [2.24, 2.45) is 0 Å². The number of nitrogens with zero attached hydrogens (tertiary/aromatic N) is 1. The molecule has 0 aromatic rings. The van der Waals surface area contributed by atoms with Crippen LogP contribution < -0.4 is 4.89 Å². The lowest BCUT2D eigenvalue weighted by molar-refractivity contribution is -0.870. The van der Waals surface area contributed by atoms with Crippen LogP contribution in [0.1, 0.15) is 412 Å². The fraction of sp³-hybridized carbons (Fsp3) is 0.783. The van der Waals surface area contributed by atoms with Gasteiger partial charge in [-0.25, -0.2) is 0 Å². The van der Waals surface area contributed by atoms with Gasteiger partial charge in [0, 0.05) is 12.8 Å². The van der Waals surface area contributed by atoms with Crippen LogP contribution in [0.2, 0.25) is 0 Å². The predicted molar refractivity (Wildman–Crippen MR) is 443 cm³/mol. The molecule has 0 aliphatic heterocycles. The molecule has 0 aliphatic rings. The maximum absolute atomic E-state index is 12.9. The molecule has 0 radical (unpaired) electrons. The third kappa shape index (κ3) is 85.6. The number of allylic oxidation sites excluding steroid dienone is 18. The summed E-state index contributed by atoms with van der Waals surface area (Å²) in [5.74, 6) is -0.814.